The van der Waals surface area contributed by atoms with Crippen molar-refractivity contribution < 1.29 is 22.7 Å². The Labute approximate surface area is 175 Å². The van der Waals surface area contributed by atoms with Crippen molar-refractivity contribution in [2.75, 3.05) is 18.1 Å². The van der Waals surface area contributed by atoms with E-state index in [0.29, 0.717) is 17.1 Å². The van der Waals surface area contributed by atoms with Crippen LogP contribution in [-0.2, 0) is 32.3 Å². The van der Waals surface area contributed by atoms with Crippen molar-refractivity contribution in [2.24, 2.45) is 5.92 Å². The number of carbonyl (C=O) groups excluding carboxylic acids is 2. The summed E-state index contributed by atoms with van der Waals surface area (Å²) in [5, 5.41) is 0.694. The SMILES string of the molecule is Cc1cc(C(=O)COC(=O)C2CCS(=O)(=O)C2)c(C)n1CCc1ccc(Cl)cc1. The fourth-order valence-electron chi connectivity index (χ4n) is 3.63. The number of rotatable bonds is 7. The minimum atomic E-state index is -3.17. The van der Waals surface area contributed by atoms with Gasteiger partial charge in [-0.25, -0.2) is 8.42 Å². The van der Waals surface area contributed by atoms with Crippen LogP contribution < -0.4 is 0 Å². The Morgan fingerprint density at radius 1 is 1.21 bits per heavy atom. The van der Waals surface area contributed by atoms with E-state index < -0.39 is 21.7 Å². The van der Waals surface area contributed by atoms with Crippen LogP contribution in [0.4, 0.5) is 0 Å². The van der Waals surface area contributed by atoms with Gasteiger partial charge in [0, 0.05) is 28.5 Å². The molecular formula is C21H24ClNO5S. The van der Waals surface area contributed by atoms with Gasteiger partial charge in [0.2, 0.25) is 5.78 Å². The number of aromatic nitrogens is 1. The van der Waals surface area contributed by atoms with Crippen LogP contribution in [0.3, 0.4) is 0 Å². The highest BCUT2D eigenvalue weighted by Gasteiger charge is 2.34. The number of Topliss-reactive ketones (excluding diaryl/α,β-unsaturated/α-hetero) is 1. The first-order valence-corrected chi connectivity index (χ1v) is 11.7. The molecule has 0 bridgehead atoms. The highest BCUT2D eigenvalue weighted by Crippen LogP contribution is 2.21. The minimum Gasteiger partial charge on any atom is -0.457 e. The first-order chi connectivity index (χ1) is 13.7. The second-order valence-corrected chi connectivity index (χ2v) is 10.1. The van der Waals surface area contributed by atoms with Gasteiger partial charge in [-0.15, -0.1) is 0 Å². The molecule has 29 heavy (non-hydrogen) atoms. The zero-order valence-corrected chi connectivity index (χ0v) is 18.1. The molecule has 0 N–H and O–H groups in total. The van der Waals surface area contributed by atoms with Crippen molar-refractivity contribution in [1.29, 1.82) is 0 Å². The van der Waals surface area contributed by atoms with Crippen LogP contribution in [-0.4, -0.2) is 42.9 Å². The third kappa shape index (κ3) is 5.28. The first-order valence-electron chi connectivity index (χ1n) is 9.48. The lowest BCUT2D eigenvalue weighted by molar-refractivity contribution is -0.146. The summed E-state index contributed by atoms with van der Waals surface area (Å²) in [6, 6.07) is 9.46. The molecule has 1 aromatic heterocycles. The van der Waals surface area contributed by atoms with Gasteiger partial charge >= 0.3 is 5.97 Å². The molecule has 1 saturated heterocycles. The van der Waals surface area contributed by atoms with E-state index in [1.54, 1.807) is 6.07 Å². The molecule has 1 aliphatic rings. The molecule has 2 aromatic rings. The van der Waals surface area contributed by atoms with Crippen molar-refractivity contribution in [3.8, 4) is 0 Å². The van der Waals surface area contributed by atoms with E-state index in [2.05, 4.69) is 4.57 Å². The van der Waals surface area contributed by atoms with Crippen LogP contribution in [0.15, 0.2) is 30.3 Å². The number of ketones is 1. The van der Waals surface area contributed by atoms with Gasteiger partial charge < -0.3 is 9.30 Å². The molecule has 0 aliphatic carbocycles. The fraction of sp³-hybridized carbons (Fsp3) is 0.429. The first kappa shape index (κ1) is 21.6. The topological polar surface area (TPSA) is 82.4 Å². The van der Waals surface area contributed by atoms with E-state index in [4.69, 9.17) is 16.3 Å². The minimum absolute atomic E-state index is 0.00448. The Bertz CT molecular complexity index is 1020. The lowest BCUT2D eigenvalue weighted by Crippen LogP contribution is -2.22. The Balaban J connectivity index is 1.60. The van der Waals surface area contributed by atoms with E-state index in [0.717, 1.165) is 23.4 Å². The second kappa shape index (κ2) is 8.71. The van der Waals surface area contributed by atoms with Gasteiger partial charge in [0.15, 0.2) is 16.4 Å². The van der Waals surface area contributed by atoms with E-state index in [1.807, 2.05) is 38.1 Å². The van der Waals surface area contributed by atoms with Crippen LogP contribution in [0, 0.1) is 19.8 Å². The lowest BCUT2D eigenvalue weighted by Gasteiger charge is -2.11. The molecule has 2 heterocycles. The monoisotopic (exact) mass is 437 g/mol. The molecule has 8 heteroatoms. The summed E-state index contributed by atoms with van der Waals surface area (Å²) >= 11 is 5.92. The number of nitrogens with zero attached hydrogens (tertiary/aromatic N) is 1. The molecule has 0 amide bonds. The van der Waals surface area contributed by atoms with Gasteiger partial charge in [-0.1, -0.05) is 23.7 Å². The van der Waals surface area contributed by atoms with Crippen molar-refractivity contribution in [3.63, 3.8) is 0 Å². The predicted octanol–water partition coefficient (Wildman–Crippen LogP) is 3.16. The van der Waals surface area contributed by atoms with Crippen LogP contribution in [0.2, 0.25) is 5.02 Å². The lowest BCUT2D eigenvalue weighted by atomic mass is 10.1. The third-order valence-electron chi connectivity index (χ3n) is 5.32. The number of aryl methyl sites for hydroxylation is 2. The van der Waals surface area contributed by atoms with Gasteiger partial charge in [0.25, 0.3) is 0 Å². The number of benzene rings is 1. The summed E-state index contributed by atoms with van der Waals surface area (Å²) in [6.45, 7) is 4.14. The van der Waals surface area contributed by atoms with Gasteiger partial charge in [0.05, 0.1) is 17.4 Å². The molecule has 1 aromatic carbocycles. The number of esters is 1. The quantitative estimate of drug-likeness (QED) is 0.490. The summed E-state index contributed by atoms with van der Waals surface area (Å²) in [5.74, 6) is -1.77. The highest BCUT2D eigenvalue weighted by atomic mass is 35.5. The zero-order chi connectivity index (χ0) is 21.2. The molecule has 1 fully saturated rings. The third-order valence-corrected chi connectivity index (χ3v) is 7.34. The van der Waals surface area contributed by atoms with Crippen LogP contribution in [0.1, 0.15) is 33.7 Å². The Kier molecular flexibility index (Phi) is 6.49. The van der Waals surface area contributed by atoms with E-state index in [9.17, 15) is 18.0 Å². The van der Waals surface area contributed by atoms with E-state index in [-0.39, 0.29) is 30.3 Å². The molecule has 0 radical (unpaired) electrons. The van der Waals surface area contributed by atoms with Crippen LogP contribution >= 0.6 is 11.6 Å². The number of hydrogen-bond acceptors (Lipinski definition) is 5. The second-order valence-electron chi connectivity index (χ2n) is 7.44. The number of carbonyl (C=O) groups is 2. The standard InChI is InChI=1S/C21H24ClNO5S/c1-14-11-19(15(2)23(14)9-7-16-3-5-18(22)6-4-16)20(24)12-28-21(25)17-8-10-29(26,27)13-17/h3-6,11,17H,7-10,12-13H2,1-2H3. The molecule has 3 rings (SSSR count). The molecule has 156 valence electrons. The molecule has 0 saturated carbocycles. The summed E-state index contributed by atoms with van der Waals surface area (Å²) in [6.07, 6.45) is 1.06. The normalized spacial score (nSPS) is 18.0. The molecule has 1 aliphatic heterocycles. The van der Waals surface area contributed by atoms with E-state index >= 15 is 0 Å². The average Bonchev–Trinajstić information content (AvgIpc) is 3.18. The number of sulfone groups is 1. The van der Waals surface area contributed by atoms with Crippen molar-refractivity contribution in [2.45, 2.75) is 33.2 Å². The smallest absolute Gasteiger partial charge is 0.310 e. The molecule has 0 spiro atoms. The summed E-state index contributed by atoms with van der Waals surface area (Å²) < 4.78 is 30.1. The molecular weight excluding hydrogens is 414 g/mol. The largest absolute Gasteiger partial charge is 0.457 e. The Morgan fingerprint density at radius 2 is 1.90 bits per heavy atom. The maximum Gasteiger partial charge on any atom is 0.310 e. The summed E-state index contributed by atoms with van der Waals surface area (Å²) in [7, 11) is -3.17. The highest BCUT2D eigenvalue weighted by molar-refractivity contribution is 7.91. The summed E-state index contributed by atoms with van der Waals surface area (Å²) in [4.78, 5) is 24.6. The maximum atomic E-state index is 12.6. The summed E-state index contributed by atoms with van der Waals surface area (Å²) in [5.41, 5.74) is 3.44. The predicted molar refractivity (Wildman–Crippen MR) is 111 cm³/mol. The van der Waals surface area contributed by atoms with Crippen LogP contribution in [0.25, 0.3) is 0 Å². The van der Waals surface area contributed by atoms with E-state index in [1.165, 1.54) is 0 Å². The van der Waals surface area contributed by atoms with Crippen molar-refractivity contribution in [3.05, 3.63) is 57.9 Å². The number of hydrogen-bond donors (Lipinski definition) is 0. The number of ether oxygens (including phenoxy) is 1. The Hall–Kier alpha value is -2.12. The maximum absolute atomic E-state index is 12.6. The van der Waals surface area contributed by atoms with Gasteiger partial charge in [-0.2, -0.15) is 0 Å². The molecule has 6 nitrogen and oxygen atoms in total. The van der Waals surface area contributed by atoms with Gasteiger partial charge in [-0.05, 0) is 50.5 Å². The fourth-order valence-corrected chi connectivity index (χ4v) is 5.48. The van der Waals surface area contributed by atoms with Crippen LogP contribution in [0.5, 0.6) is 0 Å². The average molecular weight is 438 g/mol. The van der Waals surface area contributed by atoms with Gasteiger partial charge in [-0.3, -0.25) is 9.59 Å². The molecule has 1 unspecified atom stereocenters. The molecule has 1 atom stereocenters. The van der Waals surface area contributed by atoms with Gasteiger partial charge in [0.1, 0.15) is 0 Å². The zero-order valence-electron chi connectivity index (χ0n) is 16.5. The Morgan fingerprint density at radius 3 is 2.52 bits per heavy atom. The van der Waals surface area contributed by atoms with Crippen molar-refractivity contribution in [1.82, 2.24) is 4.57 Å². The number of halogens is 1. The van der Waals surface area contributed by atoms with Crippen molar-refractivity contribution >= 4 is 33.2 Å².